The van der Waals surface area contributed by atoms with Gasteiger partial charge in [-0.3, -0.25) is 0 Å². The number of halogens is 3. The SMILES string of the molecule is COc1c(Cl)cc2c3c(cc(Cl)c2c1Cl)[C@H]1C[C@H](O)C[C@]1(N)CC3. The number of nitrogens with two attached hydrogens (primary N) is 1. The average Bonchev–Trinajstić information content (AvgIpc) is 2.82. The third-order valence-electron chi connectivity index (χ3n) is 5.61. The van der Waals surface area contributed by atoms with Gasteiger partial charge in [-0.1, -0.05) is 34.8 Å². The van der Waals surface area contributed by atoms with Gasteiger partial charge in [0.15, 0.2) is 5.75 Å². The number of hydrogen-bond acceptors (Lipinski definition) is 3. The fourth-order valence-electron chi connectivity index (χ4n) is 4.54. The molecule has 0 aromatic heterocycles. The second-order valence-electron chi connectivity index (χ2n) is 6.93. The first-order valence-electron chi connectivity index (χ1n) is 7.99. The summed E-state index contributed by atoms with van der Waals surface area (Å²) in [6, 6.07) is 3.84. The molecule has 1 fully saturated rings. The van der Waals surface area contributed by atoms with E-state index in [1.165, 1.54) is 12.7 Å². The van der Waals surface area contributed by atoms with Crippen LogP contribution in [0.15, 0.2) is 12.1 Å². The van der Waals surface area contributed by atoms with Crippen LogP contribution in [-0.2, 0) is 6.42 Å². The summed E-state index contributed by atoms with van der Waals surface area (Å²) in [6.07, 6.45) is 2.60. The molecule has 2 aromatic rings. The van der Waals surface area contributed by atoms with Gasteiger partial charge in [-0.05, 0) is 54.3 Å². The van der Waals surface area contributed by atoms with Gasteiger partial charge in [0.1, 0.15) is 0 Å². The van der Waals surface area contributed by atoms with Crippen LogP contribution in [0.5, 0.6) is 5.75 Å². The predicted molar refractivity (Wildman–Crippen MR) is 98.8 cm³/mol. The number of aliphatic hydroxyl groups excluding tert-OH is 1. The number of ether oxygens (including phenoxy) is 1. The van der Waals surface area contributed by atoms with Gasteiger partial charge in [-0.2, -0.15) is 0 Å². The van der Waals surface area contributed by atoms with Gasteiger partial charge < -0.3 is 15.6 Å². The highest BCUT2D eigenvalue weighted by molar-refractivity contribution is 6.45. The zero-order valence-corrected chi connectivity index (χ0v) is 15.5. The molecule has 0 heterocycles. The number of aliphatic hydroxyl groups is 1. The molecule has 6 heteroatoms. The topological polar surface area (TPSA) is 55.5 Å². The number of aryl methyl sites for hydroxylation is 1. The highest BCUT2D eigenvalue weighted by Crippen LogP contribution is 2.52. The molecule has 3 N–H and O–H groups in total. The first-order valence-corrected chi connectivity index (χ1v) is 9.13. The van der Waals surface area contributed by atoms with E-state index in [-0.39, 0.29) is 17.6 Å². The van der Waals surface area contributed by atoms with Crippen molar-refractivity contribution in [2.24, 2.45) is 5.73 Å². The summed E-state index contributed by atoms with van der Waals surface area (Å²) in [5, 5.41) is 13.3. The maximum Gasteiger partial charge on any atom is 0.156 e. The van der Waals surface area contributed by atoms with E-state index >= 15 is 0 Å². The number of fused-ring (bicyclic) bond motifs is 5. The molecule has 0 spiro atoms. The van der Waals surface area contributed by atoms with Gasteiger partial charge in [0.05, 0.1) is 28.3 Å². The molecule has 4 rings (SSSR count). The van der Waals surface area contributed by atoms with Crippen molar-refractivity contribution in [2.75, 3.05) is 7.11 Å². The maximum atomic E-state index is 10.1. The zero-order chi connectivity index (χ0) is 17.2. The van der Waals surface area contributed by atoms with Crippen molar-refractivity contribution in [3.8, 4) is 5.75 Å². The summed E-state index contributed by atoms with van der Waals surface area (Å²) >= 11 is 19.4. The Kier molecular flexibility index (Phi) is 3.94. The monoisotopic (exact) mass is 385 g/mol. The Balaban J connectivity index is 2.01. The molecule has 2 aliphatic rings. The lowest BCUT2D eigenvalue weighted by Gasteiger charge is -2.38. The standard InChI is InChI=1S/C18H18Cl3NO2/c1-24-17-14(20)6-11-9-2-3-18(22)7-8(23)4-12(18)10(9)5-13(19)15(11)16(17)21/h5-6,8,12,23H,2-4,7,22H2,1H3/t8-,12+,18+/m0/s1. The van der Waals surface area contributed by atoms with Gasteiger partial charge in [-0.25, -0.2) is 0 Å². The number of methoxy groups -OCH3 is 1. The molecule has 0 saturated heterocycles. The molecule has 0 unspecified atom stereocenters. The Morgan fingerprint density at radius 1 is 1.25 bits per heavy atom. The number of benzene rings is 2. The molecule has 1 saturated carbocycles. The van der Waals surface area contributed by atoms with E-state index in [4.69, 9.17) is 45.3 Å². The molecule has 0 bridgehead atoms. The lowest BCUT2D eigenvalue weighted by atomic mass is 9.71. The van der Waals surface area contributed by atoms with E-state index < -0.39 is 0 Å². The first kappa shape index (κ1) is 16.7. The normalized spacial score (nSPS) is 28.8. The van der Waals surface area contributed by atoms with Crippen LogP contribution in [0.2, 0.25) is 15.1 Å². The Morgan fingerprint density at radius 3 is 2.71 bits per heavy atom. The van der Waals surface area contributed by atoms with Crippen LogP contribution in [-0.4, -0.2) is 23.9 Å². The van der Waals surface area contributed by atoms with E-state index in [1.807, 2.05) is 12.1 Å². The van der Waals surface area contributed by atoms with E-state index in [2.05, 4.69) is 0 Å². The summed E-state index contributed by atoms with van der Waals surface area (Å²) in [5.41, 5.74) is 8.54. The van der Waals surface area contributed by atoms with Crippen molar-refractivity contribution in [3.63, 3.8) is 0 Å². The second-order valence-corrected chi connectivity index (χ2v) is 8.13. The molecule has 0 amide bonds. The fourth-order valence-corrected chi connectivity index (χ4v) is 5.62. The molecule has 2 aliphatic carbocycles. The zero-order valence-electron chi connectivity index (χ0n) is 13.2. The number of hydrogen-bond donors (Lipinski definition) is 2. The summed E-state index contributed by atoms with van der Waals surface area (Å²) in [6.45, 7) is 0. The van der Waals surface area contributed by atoms with Crippen molar-refractivity contribution < 1.29 is 9.84 Å². The van der Waals surface area contributed by atoms with Crippen LogP contribution in [0.4, 0.5) is 0 Å². The summed E-state index contributed by atoms with van der Waals surface area (Å²) in [7, 11) is 1.54. The Labute approximate surface area is 155 Å². The fraction of sp³-hybridized carbons (Fsp3) is 0.444. The van der Waals surface area contributed by atoms with Gasteiger partial charge >= 0.3 is 0 Å². The van der Waals surface area contributed by atoms with Crippen molar-refractivity contribution >= 4 is 45.6 Å². The quantitative estimate of drug-likeness (QED) is 0.747. The summed E-state index contributed by atoms with van der Waals surface area (Å²) in [4.78, 5) is 0. The molecule has 24 heavy (non-hydrogen) atoms. The third-order valence-corrected chi connectivity index (χ3v) is 6.55. The van der Waals surface area contributed by atoms with Crippen LogP contribution in [0, 0.1) is 0 Å². The van der Waals surface area contributed by atoms with Gasteiger partial charge in [0, 0.05) is 16.8 Å². The minimum atomic E-state index is -0.358. The second kappa shape index (κ2) is 5.65. The molecule has 3 atom stereocenters. The molecular formula is C18H18Cl3NO2. The van der Waals surface area contributed by atoms with E-state index in [9.17, 15) is 5.11 Å². The maximum absolute atomic E-state index is 10.1. The molecule has 0 aliphatic heterocycles. The predicted octanol–water partition coefficient (Wildman–Crippen LogP) is 4.69. The van der Waals surface area contributed by atoms with E-state index in [0.29, 0.717) is 33.7 Å². The molecule has 2 aromatic carbocycles. The van der Waals surface area contributed by atoms with E-state index in [0.717, 1.165) is 29.2 Å². The van der Waals surface area contributed by atoms with Crippen molar-refractivity contribution in [2.45, 2.75) is 43.2 Å². The molecule has 128 valence electrons. The van der Waals surface area contributed by atoms with Crippen molar-refractivity contribution in [1.29, 1.82) is 0 Å². The van der Waals surface area contributed by atoms with Crippen molar-refractivity contribution in [1.82, 2.24) is 0 Å². The first-order chi connectivity index (χ1) is 11.4. The molecular weight excluding hydrogens is 369 g/mol. The Hall–Kier alpha value is -0.710. The van der Waals surface area contributed by atoms with Crippen molar-refractivity contribution in [3.05, 3.63) is 38.3 Å². The molecule has 3 nitrogen and oxygen atoms in total. The summed E-state index contributed by atoms with van der Waals surface area (Å²) in [5.74, 6) is 0.547. The van der Waals surface area contributed by atoms with Crippen LogP contribution >= 0.6 is 34.8 Å². The minimum Gasteiger partial charge on any atom is -0.494 e. The van der Waals surface area contributed by atoms with Crippen LogP contribution in [0.1, 0.15) is 36.3 Å². The Morgan fingerprint density at radius 2 is 2.00 bits per heavy atom. The smallest absolute Gasteiger partial charge is 0.156 e. The van der Waals surface area contributed by atoms with Gasteiger partial charge in [-0.15, -0.1) is 0 Å². The lowest BCUT2D eigenvalue weighted by Crippen LogP contribution is -2.45. The average molecular weight is 387 g/mol. The Bertz CT molecular complexity index is 854. The number of rotatable bonds is 1. The third kappa shape index (κ3) is 2.26. The van der Waals surface area contributed by atoms with Gasteiger partial charge in [0.2, 0.25) is 0 Å². The highest BCUT2D eigenvalue weighted by Gasteiger charge is 2.47. The largest absolute Gasteiger partial charge is 0.494 e. The van der Waals surface area contributed by atoms with E-state index in [1.54, 1.807) is 0 Å². The van der Waals surface area contributed by atoms with Gasteiger partial charge in [0.25, 0.3) is 0 Å². The summed E-state index contributed by atoms with van der Waals surface area (Å²) < 4.78 is 5.31. The minimum absolute atomic E-state index is 0.109. The lowest BCUT2D eigenvalue weighted by molar-refractivity contribution is 0.173. The highest BCUT2D eigenvalue weighted by atomic mass is 35.5. The van der Waals surface area contributed by atoms with Crippen LogP contribution in [0.3, 0.4) is 0 Å². The van der Waals surface area contributed by atoms with Crippen LogP contribution in [0.25, 0.3) is 10.8 Å². The molecule has 0 radical (unpaired) electrons. The van der Waals surface area contributed by atoms with Crippen LogP contribution < -0.4 is 10.5 Å².